The molecular weight excluding hydrogens is 112 g/mol. The van der Waals surface area contributed by atoms with Crippen LogP contribution in [-0.4, -0.2) is 13.2 Å². The average Bonchev–Trinajstić information content (AvgIpc) is 2.37. The van der Waals surface area contributed by atoms with Gasteiger partial charge in [-0.15, -0.1) is 0 Å². The summed E-state index contributed by atoms with van der Waals surface area (Å²) in [6, 6.07) is 0. The Bertz CT molecular complexity index is 124. The minimum Gasteiger partial charge on any atom is -0.381 e. The third-order valence-electron chi connectivity index (χ3n) is 1.69. The zero-order valence-corrected chi connectivity index (χ0v) is 5.87. The molecule has 1 aliphatic carbocycles. The van der Waals surface area contributed by atoms with Crippen molar-refractivity contribution in [2.24, 2.45) is 5.92 Å². The normalized spacial score (nSPS) is 21.1. The molecule has 0 bridgehead atoms. The molecule has 1 aliphatic rings. The van der Waals surface area contributed by atoms with Crippen molar-refractivity contribution in [2.75, 3.05) is 7.11 Å². The summed E-state index contributed by atoms with van der Waals surface area (Å²) >= 11 is 0. The quantitative estimate of drug-likeness (QED) is 0.545. The summed E-state index contributed by atoms with van der Waals surface area (Å²) in [6.07, 6.45) is 8.72. The molecule has 0 spiro atoms. The van der Waals surface area contributed by atoms with Gasteiger partial charge in [0.2, 0.25) is 0 Å². The van der Waals surface area contributed by atoms with E-state index >= 15 is 0 Å². The number of hydrogen-bond donors (Lipinski definition) is 0. The molecule has 0 fully saturated rings. The van der Waals surface area contributed by atoms with Gasteiger partial charge >= 0.3 is 0 Å². The van der Waals surface area contributed by atoms with Crippen molar-refractivity contribution in [3.63, 3.8) is 0 Å². The van der Waals surface area contributed by atoms with E-state index in [1.807, 2.05) is 0 Å². The maximum atomic E-state index is 5.13. The highest BCUT2D eigenvalue weighted by Gasteiger charge is 2.11. The Labute approximate surface area is 56.0 Å². The Balaban J connectivity index is 2.43. The van der Waals surface area contributed by atoms with E-state index in [4.69, 9.17) is 4.74 Å². The fraction of sp³-hybridized carbons (Fsp3) is 0.500. The molecule has 1 heteroatoms. The van der Waals surface area contributed by atoms with Crippen LogP contribution in [0.2, 0.25) is 0 Å². The van der Waals surface area contributed by atoms with Crippen LogP contribution < -0.4 is 0 Å². The van der Waals surface area contributed by atoms with Gasteiger partial charge in [0.05, 0.1) is 6.10 Å². The van der Waals surface area contributed by atoms with Gasteiger partial charge in [-0.25, -0.2) is 0 Å². The topological polar surface area (TPSA) is 9.23 Å². The summed E-state index contributed by atoms with van der Waals surface area (Å²) in [7, 11) is 1.74. The zero-order chi connectivity index (χ0) is 6.69. The number of rotatable bonds is 2. The molecule has 0 N–H and O–H groups in total. The Kier molecular flexibility index (Phi) is 2.06. The standard InChI is InChI=1S/C8H12O/c1-7(9-2)8-5-3-4-6-8/h3-8H,1-2H3/t7-/m0/s1. The molecule has 0 amide bonds. The van der Waals surface area contributed by atoms with Gasteiger partial charge < -0.3 is 4.74 Å². The van der Waals surface area contributed by atoms with Gasteiger partial charge in [-0.2, -0.15) is 0 Å². The smallest absolute Gasteiger partial charge is 0.0640 e. The molecule has 0 saturated carbocycles. The van der Waals surface area contributed by atoms with Crippen LogP contribution in [0, 0.1) is 5.92 Å². The van der Waals surface area contributed by atoms with Gasteiger partial charge in [0.1, 0.15) is 0 Å². The third kappa shape index (κ3) is 1.42. The predicted octanol–water partition coefficient (Wildman–Crippen LogP) is 1.76. The summed E-state index contributed by atoms with van der Waals surface area (Å²) in [6.45, 7) is 2.07. The van der Waals surface area contributed by atoms with E-state index in [0.29, 0.717) is 12.0 Å². The van der Waals surface area contributed by atoms with Crippen molar-refractivity contribution in [3.05, 3.63) is 24.3 Å². The summed E-state index contributed by atoms with van der Waals surface area (Å²) in [5.41, 5.74) is 0. The van der Waals surface area contributed by atoms with Gasteiger partial charge in [0.15, 0.2) is 0 Å². The van der Waals surface area contributed by atoms with Crippen LogP contribution in [-0.2, 0) is 4.74 Å². The van der Waals surface area contributed by atoms with E-state index in [1.54, 1.807) is 7.11 Å². The van der Waals surface area contributed by atoms with Crippen molar-refractivity contribution < 1.29 is 4.74 Å². The average molecular weight is 124 g/mol. The van der Waals surface area contributed by atoms with Crippen molar-refractivity contribution in [3.8, 4) is 0 Å². The fourth-order valence-corrected chi connectivity index (χ4v) is 0.919. The molecule has 9 heavy (non-hydrogen) atoms. The van der Waals surface area contributed by atoms with Crippen LogP contribution in [0.1, 0.15) is 6.92 Å². The Morgan fingerprint density at radius 3 is 2.33 bits per heavy atom. The monoisotopic (exact) mass is 124 g/mol. The number of hydrogen-bond acceptors (Lipinski definition) is 1. The Morgan fingerprint density at radius 2 is 1.89 bits per heavy atom. The Morgan fingerprint density at radius 1 is 1.33 bits per heavy atom. The van der Waals surface area contributed by atoms with Crippen LogP contribution in [0.15, 0.2) is 24.3 Å². The first kappa shape index (κ1) is 6.56. The van der Waals surface area contributed by atoms with Gasteiger partial charge in [0.25, 0.3) is 0 Å². The second kappa shape index (κ2) is 2.83. The molecule has 0 aromatic rings. The third-order valence-corrected chi connectivity index (χ3v) is 1.69. The lowest BCUT2D eigenvalue weighted by molar-refractivity contribution is 0.0989. The SMILES string of the molecule is CO[C@@H](C)C1C=CC=C1. The van der Waals surface area contributed by atoms with Crippen molar-refractivity contribution >= 4 is 0 Å². The van der Waals surface area contributed by atoms with Crippen LogP contribution in [0.4, 0.5) is 0 Å². The maximum absolute atomic E-state index is 5.13. The fourth-order valence-electron chi connectivity index (χ4n) is 0.919. The van der Waals surface area contributed by atoms with Gasteiger partial charge in [0, 0.05) is 13.0 Å². The first-order chi connectivity index (χ1) is 4.34. The van der Waals surface area contributed by atoms with Crippen molar-refractivity contribution in [2.45, 2.75) is 13.0 Å². The molecule has 1 nitrogen and oxygen atoms in total. The predicted molar refractivity (Wildman–Crippen MR) is 38.2 cm³/mol. The molecule has 1 rings (SSSR count). The molecular formula is C8H12O. The highest BCUT2D eigenvalue weighted by molar-refractivity contribution is 5.18. The summed E-state index contributed by atoms with van der Waals surface area (Å²) in [4.78, 5) is 0. The van der Waals surface area contributed by atoms with Crippen molar-refractivity contribution in [1.29, 1.82) is 0 Å². The first-order valence-electron chi connectivity index (χ1n) is 3.22. The maximum Gasteiger partial charge on any atom is 0.0640 e. The second-order valence-electron chi connectivity index (χ2n) is 2.29. The van der Waals surface area contributed by atoms with Crippen LogP contribution >= 0.6 is 0 Å². The number of allylic oxidation sites excluding steroid dienone is 2. The molecule has 0 unspecified atom stereocenters. The van der Waals surface area contributed by atoms with E-state index in [0.717, 1.165) is 0 Å². The number of ether oxygens (including phenoxy) is 1. The van der Waals surface area contributed by atoms with Crippen LogP contribution in [0.5, 0.6) is 0 Å². The summed E-state index contributed by atoms with van der Waals surface area (Å²) < 4.78 is 5.13. The zero-order valence-electron chi connectivity index (χ0n) is 5.87. The van der Waals surface area contributed by atoms with Gasteiger partial charge in [-0.05, 0) is 6.92 Å². The van der Waals surface area contributed by atoms with E-state index in [1.165, 1.54) is 0 Å². The first-order valence-corrected chi connectivity index (χ1v) is 3.22. The Hall–Kier alpha value is -0.560. The molecule has 50 valence electrons. The van der Waals surface area contributed by atoms with Crippen LogP contribution in [0.25, 0.3) is 0 Å². The van der Waals surface area contributed by atoms with Gasteiger partial charge in [-0.3, -0.25) is 0 Å². The highest BCUT2D eigenvalue weighted by atomic mass is 16.5. The molecule has 0 aromatic heterocycles. The lowest BCUT2D eigenvalue weighted by Gasteiger charge is -2.12. The molecule has 0 radical (unpaired) electrons. The molecule has 0 aromatic carbocycles. The lowest BCUT2D eigenvalue weighted by atomic mass is 10.1. The summed E-state index contributed by atoms with van der Waals surface area (Å²) in [5.74, 6) is 0.495. The van der Waals surface area contributed by atoms with E-state index < -0.39 is 0 Å². The largest absolute Gasteiger partial charge is 0.381 e. The van der Waals surface area contributed by atoms with Gasteiger partial charge in [-0.1, -0.05) is 24.3 Å². The molecule has 0 aliphatic heterocycles. The molecule has 0 saturated heterocycles. The minimum absolute atomic E-state index is 0.319. The lowest BCUT2D eigenvalue weighted by Crippen LogP contribution is -2.13. The van der Waals surface area contributed by atoms with E-state index in [-0.39, 0.29) is 0 Å². The second-order valence-corrected chi connectivity index (χ2v) is 2.29. The minimum atomic E-state index is 0.319. The molecule has 0 heterocycles. The van der Waals surface area contributed by atoms with E-state index in [9.17, 15) is 0 Å². The van der Waals surface area contributed by atoms with E-state index in [2.05, 4.69) is 31.2 Å². The van der Waals surface area contributed by atoms with Crippen molar-refractivity contribution in [1.82, 2.24) is 0 Å². The highest BCUT2D eigenvalue weighted by Crippen LogP contribution is 2.14. The molecule has 1 atom stereocenters. The number of methoxy groups -OCH3 is 1. The van der Waals surface area contributed by atoms with Crippen LogP contribution in [0.3, 0.4) is 0 Å². The summed E-state index contributed by atoms with van der Waals surface area (Å²) in [5, 5.41) is 0.